The summed E-state index contributed by atoms with van der Waals surface area (Å²) in [5.74, 6) is 1.61. The predicted octanol–water partition coefficient (Wildman–Crippen LogP) is 5.29. The van der Waals surface area contributed by atoms with Crippen LogP contribution in [0.1, 0.15) is 11.1 Å². The van der Waals surface area contributed by atoms with Crippen LogP contribution in [-0.4, -0.2) is 27.6 Å². The zero-order chi connectivity index (χ0) is 20.4. The highest BCUT2D eigenvalue weighted by molar-refractivity contribution is 5.89. The molecule has 0 saturated carbocycles. The van der Waals surface area contributed by atoms with E-state index in [0.717, 1.165) is 45.1 Å². The van der Waals surface area contributed by atoms with E-state index < -0.39 is 6.03 Å². The Balaban J connectivity index is 1.63. The van der Waals surface area contributed by atoms with Crippen molar-refractivity contribution < 1.29 is 18.6 Å². The lowest BCUT2D eigenvalue weighted by Crippen LogP contribution is -2.62. The van der Waals surface area contributed by atoms with Crippen molar-refractivity contribution in [1.29, 1.82) is 0 Å². The number of hydrogen-bond acceptors (Lipinski definition) is 2. The van der Waals surface area contributed by atoms with E-state index in [2.05, 4.69) is 82.2 Å². The van der Waals surface area contributed by atoms with Gasteiger partial charge in [-0.1, -0.05) is 63.7 Å². The predicted molar refractivity (Wildman–Crippen MR) is 119 cm³/mol. The number of fused-ring (bicyclic) bond motifs is 5. The van der Waals surface area contributed by atoms with E-state index in [-0.39, 0.29) is 0 Å². The van der Waals surface area contributed by atoms with E-state index in [1.165, 1.54) is 0 Å². The first-order chi connectivity index (χ1) is 15.3. The third-order valence-electron chi connectivity index (χ3n) is 6.06. The van der Waals surface area contributed by atoms with Crippen LogP contribution in [-0.2, 0) is 0 Å². The Bertz CT molecular complexity index is 1440. The van der Waals surface area contributed by atoms with E-state index in [4.69, 9.17) is 9.47 Å². The SMILES string of the molecule is C1=[N+](c2ccccc2)C23Oc4ccccc4C=[N+]2c2cccc(c2)-c2cccc1c2O3. The quantitative estimate of drug-likeness (QED) is 0.404. The van der Waals surface area contributed by atoms with Crippen LogP contribution >= 0.6 is 0 Å². The van der Waals surface area contributed by atoms with Gasteiger partial charge in [0.1, 0.15) is 0 Å². The second-order valence-corrected chi connectivity index (χ2v) is 7.90. The maximum absolute atomic E-state index is 6.86. The lowest BCUT2D eigenvalue weighted by Gasteiger charge is -2.32. The average molecular weight is 402 g/mol. The fourth-order valence-corrected chi connectivity index (χ4v) is 4.62. The summed E-state index contributed by atoms with van der Waals surface area (Å²) >= 11 is 0. The molecule has 4 aromatic carbocycles. The van der Waals surface area contributed by atoms with Crippen LogP contribution in [0.3, 0.4) is 0 Å². The standard InChI is InChI=1S/C27H18N2O2/c1-2-11-22(12-3-1)28-18-21-10-7-14-24-19-9-6-13-23(16-19)29-17-20-8-4-5-15-25(20)30-27(28,29)31-26(21)24/h1-18H/q+2. The summed E-state index contributed by atoms with van der Waals surface area (Å²) in [5.41, 5.74) is 6.19. The first kappa shape index (κ1) is 16.6. The topological polar surface area (TPSA) is 24.5 Å². The summed E-state index contributed by atoms with van der Waals surface area (Å²) in [6.45, 7) is 0. The van der Waals surface area contributed by atoms with E-state index in [9.17, 15) is 0 Å². The van der Waals surface area contributed by atoms with Crippen LogP contribution < -0.4 is 9.47 Å². The summed E-state index contributed by atoms with van der Waals surface area (Å²) < 4.78 is 17.8. The molecule has 7 rings (SSSR count). The highest BCUT2D eigenvalue weighted by Crippen LogP contribution is 2.46. The number of para-hydroxylation sites is 3. The zero-order valence-electron chi connectivity index (χ0n) is 16.6. The molecule has 0 aromatic heterocycles. The largest absolute Gasteiger partial charge is 0.714 e. The first-order valence-electron chi connectivity index (χ1n) is 10.4. The van der Waals surface area contributed by atoms with Crippen molar-refractivity contribution in [2.75, 3.05) is 0 Å². The molecule has 0 radical (unpaired) electrons. The average Bonchev–Trinajstić information content (AvgIpc) is 2.83. The summed E-state index contributed by atoms with van der Waals surface area (Å²) in [5, 5.41) is 0. The molecular weight excluding hydrogens is 384 g/mol. The Morgan fingerprint density at radius 2 is 1.29 bits per heavy atom. The summed E-state index contributed by atoms with van der Waals surface area (Å²) in [6, 6.07) is 31.8. The van der Waals surface area contributed by atoms with Gasteiger partial charge in [-0.15, -0.1) is 0 Å². The van der Waals surface area contributed by atoms with Gasteiger partial charge in [0.15, 0.2) is 23.9 Å². The van der Waals surface area contributed by atoms with Crippen molar-refractivity contribution in [3.63, 3.8) is 0 Å². The van der Waals surface area contributed by atoms with Crippen LogP contribution in [0.15, 0.2) is 97.1 Å². The maximum atomic E-state index is 6.86. The zero-order valence-corrected chi connectivity index (χ0v) is 16.6. The number of rotatable bonds is 1. The van der Waals surface area contributed by atoms with E-state index in [0.29, 0.717) is 0 Å². The third kappa shape index (κ3) is 2.24. The Labute approximate surface area is 179 Å². The van der Waals surface area contributed by atoms with Crippen molar-refractivity contribution in [2.45, 2.75) is 6.03 Å². The summed E-state index contributed by atoms with van der Waals surface area (Å²) in [7, 11) is 0. The highest BCUT2D eigenvalue weighted by atomic mass is 16.7. The number of benzene rings is 4. The van der Waals surface area contributed by atoms with Crippen molar-refractivity contribution in [1.82, 2.24) is 0 Å². The van der Waals surface area contributed by atoms with Gasteiger partial charge in [-0.25, -0.2) is 0 Å². The van der Waals surface area contributed by atoms with Gasteiger partial charge in [0, 0.05) is 29.8 Å². The number of nitrogens with zero attached hydrogens (tertiary/aromatic N) is 2. The molecule has 146 valence electrons. The molecule has 0 amide bonds. The van der Waals surface area contributed by atoms with Gasteiger partial charge in [-0.2, -0.15) is 0 Å². The second-order valence-electron chi connectivity index (χ2n) is 7.90. The Morgan fingerprint density at radius 3 is 2.23 bits per heavy atom. The minimum atomic E-state index is -1.22. The fraction of sp³-hybridized carbons (Fsp3) is 0.0370. The molecule has 3 aliphatic rings. The second kappa shape index (κ2) is 5.92. The molecule has 1 unspecified atom stereocenters. The van der Waals surface area contributed by atoms with Gasteiger partial charge >= 0.3 is 6.03 Å². The molecule has 4 aromatic rings. The van der Waals surface area contributed by atoms with Crippen molar-refractivity contribution >= 4 is 23.8 Å². The molecule has 0 N–H and O–H groups in total. The molecule has 1 atom stereocenters. The summed E-state index contributed by atoms with van der Waals surface area (Å²) in [4.78, 5) is 0. The van der Waals surface area contributed by atoms with Crippen molar-refractivity contribution in [3.05, 3.63) is 108 Å². The Kier molecular flexibility index (Phi) is 3.17. The maximum Gasteiger partial charge on any atom is 0.714 e. The van der Waals surface area contributed by atoms with Gasteiger partial charge in [-0.3, -0.25) is 0 Å². The molecule has 0 saturated heterocycles. The Morgan fingerprint density at radius 1 is 0.581 bits per heavy atom. The smallest absolute Gasteiger partial charge is 0.340 e. The molecule has 4 heteroatoms. The van der Waals surface area contributed by atoms with E-state index >= 15 is 0 Å². The lowest BCUT2D eigenvalue weighted by atomic mass is 9.99. The molecule has 4 nitrogen and oxygen atoms in total. The van der Waals surface area contributed by atoms with Crippen LogP contribution in [0.5, 0.6) is 11.5 Å². The van der Waals surface area contributed by atoms with Gasteiger partial charge in [0.2, 0.25) is 11.4 Å². The minimum absolute atomic E-state index is 0.783. The molecule has 4 bridgehead atoms. The van der Waals surface area contributed by atoms with Gasteiger partial charge in [0.25, 0.3) is 0 Å². The summed E-state index contributed by atoms with van der Waals surface area (Å²) in [6.07, 6.45) is 4.24. The normalized spacial score (nSPS) is 19.4. The minimum Gasteiger partial charge on any atom is -0.340 e. The molecule has 31 heavy (non-hydrogen) atoms. The first-order valence-corrected chi connectivity index (χ1v) is 10.4. The molecule has 3 aliphatic heterocycles. The van der Waals surface area contributed by atoms with Crippen LogP contribution in [0.4, 0.5) is 11.4 Å². The third-order valence-corrected chi connectivity index (χ3v) is 6.06. The molecule has 1 spiro atoms. The highest BCUT2D eigenvalue weighted by Gasteiger charge is 2.66. The van der Waals surface area contributed by atoms with Gasteiger partial charge < -0.3 is 9.47 Å². The van der Waals surface area contributed by atoms with Crippen LogP contribution in [0.2, 0.25) is 0 Å². The molecule has 3 heterocycles. The van der Waals surface area contributed by atoms with Crippen LogP contribution in [0.25, 0.3) is 11.1 Å². The van der Waals surface area contributed by atoms with Gasteiger partial charge in [0.05, 0.1) is 11.1 Å². The van der Waals surface area contributed by atoms with Crippen molar-refractivity contribution in [2.24, 2.45) is 0 Å². The number of hydrogen-bond donors (Lipinski definition) is 0. The molecule has 0 aliphatic carbocycles. The van der Waals surface area contributed by atoms with E-state index in [1.54, 1.807) is 0 Å². The van der Waals surface area contributed by atoms with E-state index in [1.807, 2.05) is 36.4 Å². The number of ether oxygens (including phenoxy) is 2. The fourth-order valence-electron chi connectivity index (χ4n) is 4.62. The monoisotopic (exact) mass is 402 g/mol. The lowest BCUT2D eigenvalue weighted by molar-refractivity contribution is -0.855. The molecular formula is C27H18N2O2+2. The van der Waals surface area contributed by atoms with Crippen molar-refractivity contribution in [3.8, 4) is 22.6 Å². The van der Waals surface area contributed by atoms with Gasteiger partial charge in [-0.05, 0) is 23.8 Å². The Hall–Kier alpha value is -4.18. The van der Waals surface area contributed by atoms with Crippen LogP contribution in [0, 0.1) is 0 Å². The molecule has 0 fully saturated rings.